The van der Waals surface area contributed by atoms with Crippen LogP contribution >= 0.6 is 0 Å². The van der Waals surface area contributed by atoms with Crippen molar-refractivity contribution in [1.82, 2.24) is 19.6 Å². The molecule has 1 fully saturated rings. The zero-order valence-electron chi connectivity index (χ0n) is 13.9. The van der Waals surface area contributed by atoms with Crippen molar-refractivity contribution in [2.45, 2.75) is 37.8 Å². The van der Waals surface area contributed by atoms with Gasteiger partial charge in [0.05, 0.1) is 23.7 Å². The molecule has 1 aliphatic rings. The number of anilines is 1. The van der Waals surface area contributed by atoms with Gasteiger partial charge in [-0.2, -0.15) is 0 Å². The summed E-state index contributed by atoms with van der Waals surface area (Å²) in [4.78, 5) is 8.69. The summed E-state index contributed by atoms with van der Waals surface area (Å²) < 4.78 is 1.83. The van der Waals surface area contributed by atoms with Crippen molar-refractivity contribution in [3.05, 3.63) is 54.1 Å². The quantitative estimate of drug-likeness (QED) is 0.766. The van der Waals surface area contributed by atoms with Gasteiger partial charge in [-0.25, -0.2) is 9.50 Å². The third-order valence-electron chi connectivity index (χ3n) is 4.55. The fourth-order valence-corrected chi connectivity index (χ4v) is 3.16. The molecular weight excluding hydrogens is 314 g/mol. The van der Waals surface area contributed by atoms with Crippen LogP contribution in [0.4, 0.5) is 5.82 Å². The van der Waals surface area contributed by atoms with E-state index >= 15 is 0 Å². The number of hydrogen-bond acceptors (Lipinski definition) is 5. The summed E-state index contributed by atoms with van der Waals surface area (Å²) in [6.45, 7) is 0. The Balaban J connectivity index is 1.54. The van der Waals surface area contributed by atoms with E-state index in [4.69, 9.17) is 0 Å². The van der Waals surface area contributed by atoms with Gasteiger partial charge in [-0.15, -0.1) is 5.10 Å². The zero-order valence-corrected chi connectivity index (χ0v) is 13.9. The van der Waals surface area contributed by atoms with Gasteiger partial charge in [0.2, 0.25) is 0 Å². The van der Waals surface area contributed by atoms with Crippen LogP contribution in [0.15, 0.2) is 42.7 Å². The maximum Gasteiger partial charge on any atom is 0.154 e. The zero-order chi connectivity index (χ0) is 17.1. The second kappa shape index (κ2) is 7.03. The first-order valence-electron chi connectivity index (χ1n) is 8.66. The summed E-state index contributed by atoms with van der Waals surface area (Å²) in [5.41, 5.74) is 2.61. The van der Waals surface area contributed by atoms with Gasteiger partial charge in [0.1, 0.15) is 5.82 Å². The number of nitrogens with zero attached hydrogens (tertiary/aromatic N) is 4. The molecule has 2 N–H and O–H groups in total. The van der Waals surface area contributed by atoms with Crippen molar-refractivity contribution in [3.8, 4) is 0 Å². The highest BCUT2D eigenvalue weighted by molar-refractivity contribution is 5.67. The van der Waals surface area contributed by atoms with Gasteiger partial charge in [-0.05, 0) is 62.1 Å². The Kier molecular flexibility index (Phi) is 4.43. The van der Waals surface area contributed by atoms with Gasteiger partial charge in [0.15, 0.2) is 5.65 Å². The molecule has 0 unspecified atom stereocenters. The first-order valence-corrected chi connectivity index (χ1v) is 8.66. The molecule has 25 heavy (non-hydrogen) atoms. The van der Waals surface area contributed by atoms with Crippen molar-refractivity contribution in [1.29, 1.82) is 0 Å². The second-order valence-corrected chi connectivity index (χ2v) is 6.41. The molecule has 0 radical (unpaired) electrons. The maximum atomic E-state index is 9.63. The monoisotopic (exact) mass is 335 g/mol. The van der Waals surface area contributed by atoms with Gasteiger partial charge in [0, 0.05) is 12.2 Å². The summed E-state index contributed by atoms with van der Waals surface area (Å²) in [5.74, 6) is 0.833. The van der Waals surface area contributed by atoms with Crippen molar-refractivity contribution in [3.63, 3.8) is 0 Å². The number of nitrogens with one attached hydrogen (secondary N) is 1. The summed E-state index contributed by atoms with van der Waals surface area (Å²) >= 11 is 0. The molecule has 6 nitrogen and oxygen atoms in total. The van der Waals surface area contributed by atoms with E-state index < -0.39 is 0 Å². The Bertz CT molecular complexity index is 866. The lowest BCUT2D eigenvalue weighted by molar-refractivity contribution is 0.126. The molecule has 4 rings (SSSR count). The number of aliphatic hydroxyl groups excluding tert-OH is 1. The summed E-state index contributed by atoms with van der Waals surface area (Å²) in [5, 5.41) is 17.8. The van der Waals surface area contributed by atoms with E-state index in [1.54, 1.807) is 6.20 Å². The van der Waals surface area contributed by atoms with E-state index in [2.05, 4.69) is 20.4 Å². The minimum Gasteiger partial charge on any atom is -0.393 e. The lowest BCUT2D eigenvalue weighted by Crippen LogP contribution is -2.28. The van der Waals surface area contributed by atoms with E-state index in [1.807, 2.05) is 53.2 Å². The third kappa shape index (κ3) is 3.69. The van der Waals surface area contributed by atoms with Crippen molar-refractivity contribution < 1.29 is 5.11 Å². The Hall–Kier alpha value is -2.73. The number of aromatic nitrogens is 4. The molecular formula is C19H21N5O. The maximum absolute atomic E-state index is 9.63. The molecule has 0 atom stereocenters. The number of aliphatic hydroxyl groups is 1. The highest BCUT2D eigenvalue weighted by Crippen LogP contribution is 2.21. The predicted molar refractivity (Wildman–Crippen MR) is 98.0 cm³/mol. The molecule has 0 aromatic carbocycles. The van der Waals surface area contributed by atoms with Gasteiger partial charge < -0.3 is 10.4 Å². The molecule has 128 valence electrons. The van der Waals surface area contributed by atoms with E-state index in [1.165, 1.54) is 0 Å². The van der Waals surface area contributed by atoms with Crippen molar-refractivity contribution >= 4 is 23.6 Å². The van der Waals surface area contributed by atoms with Crippen LogP contribution in [-0.4, -0.2) is 36.8 Å². The fraction of sp³-hybridized carbons (Fsp3) is 0.316. The average molecular weight is 335 g/mol. The fourth-order valence-electron chi connectivity index (χ4n) is 3.16. The minimum atomic E-state index is -0.148. The van der Waals surface area contributed by atoms with E-state index in [9.17, 15) is 5.11 Å². The van der Waals surface area contributed by atoms with Crippen LogP contribution in [0.5, 0.6) is 0 Å². The standard InChI is InChI=1S/C19H21N5O/c25-17-8-5-15(6-9-17)22-18-10-11-19-21-13-16(24(19)23-18)7-4-14-3-1-2-12-20-14/h1-4,7,10-13,15,17,25H,5-6,8-9H2,(H,22,23)/b7-4+/t15-,17-. The first-order chi connectivity index (χ1) is 12.3. The number of pyridine rings is 1. The van der Waals surface area contributed by atoms with Crippen LogP contribution in [0.25, 0.3) is 17.8 Å². The highest BCUT2D eigenvalue weighted by atomic mass is 16.3. The SMILES string of the molecule is O[C@H]1CC[C@H](Nc2ccc3ncc(/C=C/c4ccccn4)n3n2)CC1. The highest BCUT2D eigenvalue weighted by Gasteiger charge is 2.19. The number of rotatable bonds is 4. The molecule has 6 heteroatoms. The molecule has 0 bridgehead atoms. The second-order valence-electron chi connectivity index (χ2n) is 6.41. The molecule has 1 saturated carbocycles. The lowest BCUT2D eigenvalue weighted by atomic mass is 9.93. The first kappa shape index (κ1) is 15.8. The van der Waals surface area contributed by atoms with Crippen LogP contribution in [0.3, 0.4) is 0 Å². The van der Waals surface area contributed by atoms with Crippen LogP contribution in [0.2, 0.25) is 0 Å². The van der Waals surface area contributed by atoms with Gasteiger partial charge in [-0.1, -0.05) is 6.07 Å². The topological polar surface area (TPSA) is 75.3 Å². The van der Waals surface area contributed by atoms with E-state index in [0.29, 0.717) is 6.04 Å². The Labute approximate surface area is 146 Å². The molecule has 1 aliphatic carbocycles. The largest absolute Gasteiger partial charge is 0.393 e. The molecule has 0 aliphatic heterocycles. The van der Waals surface area contributed by atoms with Gasteiger partial charge >= 0.3 is 0 Å². The number of imidazole rings is 1. The van der Waals surface area contributed by atoms with Gasteiger partial charge in [0.25, 0.3) is 0 Å². The number of hydrogen-bond donors (Lipinski definition) is 2. The Morgan fingerprint density at radius 3 is 2.72 bits per heavy atom. The summed E-state index contributed by atoms with van der Waals surface area (Å²) in [7, 11) is 0. The van der Waals surface area contributed by atoms with Crippen LogP contribution in [-0.2, 0) is 0 Å². The summed E-state index contributed by atoms with van der Waals surface area (Å²) in [6, 6.07) is 10.1. The lowest BCUT2D eigenvalue weighted by Gasteiger charge is -2.26. The normalized spacial score (nSPS) is 21.0. The van der Waals surface area contributed by atoms with Crippen molar-refractivity contribution in [2.24, 2.45) is 0 Å². The number of fused-ring (bicyclic) bond motifs is 1. The molecule has 3 aromatic heterocycles. The molecule has 3 aromatic rings. The minimum absolute atomic E-state index is 0.148. The predicted octanol–water partition coefficient (Wildman–Crippen LogP) is 3.01. The third-order valence-corrected chi connectivity index (χ3v) is 4.55. The van der Waals surface area contributed by atoms with E-state index in [-0.39, 0.29) is 6.10 Å². The Morgan fingerprint density at radius 2 is 1.92 bits per heavy atom. The molecule has 0 spiro atoms. The Morgan fingerprint density at radius 1 is 1.04 bits per heavy atom. The van der Waals surface area contributed by atoms with Crippen LogP contribution < -0.4 is 5.32 Å². The smallest absolute Gasteiger partial charge is 0.154 e. The molecule has 0 saturated heterocycles. The summed E-state index contributed by atoms with van der Waals surface area (Å²) in [6.07, 6.45) is 11.0. The van der Waals surface area contributed by atoms with Crippen LogP contribution in [0, 0.1) is 0 Å². The molecule has 0 amide bonds. The van der Waals surface area contributed by atoms with Gasteiger partial charge in [-0.3, -0.25) is 4.98 Å². The average Bonchev–Trinajstić information content (AvgIpc) is 3.05. The van der Waals surface area contributed by atoms with E-state index in [0.717, 1.165) is 48.5 Å². The van der Waals surface area contributed by atoms with Crippen LogP contribution in [0.1, 0.15) is 37.1 Å². The van der Waals surface area contributed by atoms with Crippen molar-refractivity contribution in [2.75, 3.05) is 5.32 Å². The molecule has 3 heterocycles.